The largest absolute Gasteiger partial charge is 0.453 e. The van der Waals surface area contributed by atoms with Crippen molar-refractivity contribution in [2.24, 2.45) is 5.92 Å². The average molecular weight is 939 g/mol. The van der Waals surface area contributed by atoms with Crippen LogP contribution in [0.4, 0.5) is 18.4 Å². The van der Waals surface area contributed by atoms with Crippen molar-refractivity contribution in [2.45, 2.75) is 68.6 Å². The van der Waals surface area contributed by atoms with Crippen LogP contribution in [0, 0.1) is 5.92 Å². The number of aromatic nitrogens is 4. The molecule has 4 amide bonds. The van der Waals surface area contributed by atoms with Gasteiger partial charge < -0.3 is 44.6 Å². The second-order valence-corrected chi connectivity index (χ2v) is 18.0. The second kappa shape index (κ2) is 18.9. The minimum absolute atomic E-state index is 0.0774. The number of imidazole rings is 2. The monoisotopic (exact) mass is 938 g/mol. The fourth-order valence-electron chi connectivity index (χ4n) is 10.4. The van der Waals surface area contributed by atoms with Gasteiger partial charge in [0.15, 0.2) is 0 Å². The molecule has 356 valence electrons. The topological polar surface area (TPSA) is 184 Å². The van der Waals surface area contributed by atoms with Crippen LogP contribution in [0.5, 0.6) is 0 Å². The lowest BCUT2D eigenvalue weighted by Crippen LogP contribution is -2.53. The number of alkyl carbamates (subject to hydrolysis) is 2. The molecule has 4 atom stereocenters. The highest BCUT2D eigenvalue weighted by atomic mass is 19.3. The van der Waals surface area contributed by atoms with E-state index >= 15 is 8.78 Å². The molecular weight excluding hydrogens is 887 g/mol. The van der Waals surface area contributed by atoms with Crippen molar-refractivity contribution in [1.29, 1.82) is 0 Å². The van der Waals surface area contributed by atoms with Gasteiger partial charge in [0.05, 0.1) is 50.1 Å². The van der Waals surface area contributed by atoms with Crippen molar-refractivity contribution < 1.29 is 42.2 Å². The first-order chi connectivity index (χ1) is 33.5. The number of likely N-dealkylation sites (tertiary alicyclic amines) is 2. The number of benzene rings is 4. The number of halogens is 2. The number of amides is 4. The van der Waals surface area contributed by atoms with E-state index in [0.717, 1.165) is 29.7 Å². The Labute approximate surface area is 397 Å². The molecule has 17 heteroatoms. The lowest BCUT2D eigenvalue weighted by molar-refractivity contribution is -0.137. The number of methoxy groups -OCH3 is 2. The average Bonchev–Trinajstić information content (AvgIpc) is 4.26. The number of nitrogens with zero attached hydrogens (tertiary/aromatic N) is 4. The molecule has 4 aliphatic rings. The summed E-state index contributed by atoms with van der Waals surface area (Å²) in [7, 11) is 2.53. The summed E-state index contributed by atoms with van der Waals surface area (Å²) < 4.78 is 48.3. The normalized spacial score (nSPS) is 19.4. The first-order valence-corrected chi connectivity index (χ1v) is 23.3. The Kier molecular flexibility index (Phi) is 12.5. The smallest absolute Gasteiger partial charge is 0.407 e. The quantitative estimate of drug-likeness (QED) is 0.0986. The summed E-state index contributed by atoms with van der Waals surface area (Å²) >= 11 is 0. The molecule has 4 N–H and O–H groups in total. The van der Waals surface area contributed by atoms with Gasteiger partial charge in [0, 0.05) is 43.0 Å². The minimum Gasteiger partial charge on any atom is -0.453 e. The summed E-state index contributed by atoms with van der Waals surface area (Å²) in [4.78, 5) is 72.2. The Balaban J connectivity index is 0.833. The third-order valence-electron chi connectivity index (χ3n) is 14.0. The zero-order chi connectivity index (χ0) is 47.8. The summed E-state index contributed by atoms with van der Waals surface area (Å²) in [5, 5.41) is 5.46. The van der Waals surface area contributed by atoms with E-state index in [0.29, 0.717) is 97.1 Å². The molecule has 1 aliphatic carbocycles. The fraction of sp³-hybridized carbons (Fsp3) is 0.346. The number of carbonyl (C=O) groups is 4. The van der Waals surface area contributed by atoms with E-state index in [1.165, 1.54) is 20.3 Å². The zero-order valence-corrected chi connectivity index (χ0v) is 38.2. The number of H-pyrrole nitrogens is 2. The summed E-state index contributed by atoms with van der Waals surface area (Å²) in [6.07, 6.45) is 6.07. The second-order valence-electron chi connectivity index (χ2n) is 18.0. The SMILES string of the molecule is COC(=O)NC(C(=O)N1CCC[C@H]1c1ncc(-c2ccc3c(c2)C(F)(F)c2cc(-c4ccc(-c5cnc([C@@H]6CCCN6C(=O)[C@H](NC(=O)OC)c6ccccc6)[nH]5)cc4)ccc2-3)[nH]1)C1CCOCC1. The molecule has 6 aromatic rings. The third-order valence-corrected chi connectivity index (χ3v) is 14.0. The number of hydrogen-bond acceptors (Lipinski definition) is 9. The molecule has 4 aromatic carbocycles. The van der Waals surface area contributed by atoms with Crippen LogP contribution in [0.2, 0.25) is 0 Å². The minimum atomic E-state index is -3.28. The number of rotatable bonds is 11. The van der Waals surface area contributed by atoms with E-state index < -0.39 is 30.2 Å². The van der Waals surface area contributed by atoms with Crippen molar-refractivity contribution in [3.05, 3.63) is 132 Å². The van der Waals surface area contributed by atoms with Crippen molar-refractivity contribution in [1.82, 2.24) is 40.4 Å². The number of alkyl halides is 2. The van der Waals surface area contributed by atoms with E-state index in [1.54, 1.807) is 58.6 Å². The maximum atomic E-state index is 16.6. The van der Waals surface area contributed by atoms with Crippen molar-refractivity contribution in [2.75, 3.05) is 40.5 Å². The third kappa shape index (κ3) is 8.71. The molecular formula is C52H52F2N8O7. The number of aromatic amines is 2. The Morgan fingerprint density at radius 2 is 1.19 bits per heavy atom. The molecule has 1 unspecified atom stereocenters. The van der Waals surface area contributed by atoms with Gasteiger partial charge in [0.2, 0.25) is 5.91 Å². The first kappa shape index (κ1) is 45.4. The number of carbonyl (C=O) groups excluding carboxylic acids is 4. The van der Waals surface area contributed by atoms with Crippen molar-refractivity contribution in [3.63, 3.8) is 0 Å². The standard InChI is InChI=1S/C52H52F2N8O7/c1-67-50(65)59-44(32-8-4-3-5-9-32)48(63)61-22-6-10-42(61)46-55-28-40(57-46)31-14-12-30(13-15-31)34-16-18-36-37-19-17-35(27-39(37)52(53,54)38(36)26-34)41-29-56-47(58-41)43-11-7-23-62(43)49(64)45(60-51(66)68-2)33-20-24-69-25-21-33/h3-5,8-9,12-19,26-29,33,42-45H,6-7,10-11,20-25H2,1-2H3,(H,55,57)(H,56,58)(H,59,65)(H,60,66)/t42-,43-,44+,45?/m0/s1. The van der Waals surface area contributed by atoms with Gasteiger partial charge in [-0.25, -0.2) is 19.6 Å². The molecule has 3 saturated heterocycles. The Bertz CT molecular complexity index is 2880. The van der Waals surface area contributed by atoms with Crippen LogP contribution in [0.25, 0.3) is 44.8 Å². The summed E-state index contributed by atoms with van der Waals surface area (Å²) in [5.41, 5.74) is 5.45. The molecule has 15 nitrogen and oxygen atoms in total. The Morgan fingerprint density at radius 3 is 1.80 bits per heavy atom. The number of ether oxygens (including phenoxy) is 3. The molecule has 69 heavy (non-hydrogen) atoms. The maximum Gasteiger partial charge on any atom is 0.407 e. The lowest BCUT2D eigenvalue weighted by Gasteiger charge is -2.34. The molecule has 0 spiro atoms. The molecule has 0 radical (unpaired) electrons. The van der Waals surface area contributed by atoms with Gasteiger partial charge >= 0.3 is 12.2 Å². The molecule has 3 aliphatic heterocycles. The number of nitrogens with one attached hydrogen (secondary N) is 4. The zero-order valence-electron chi connectivity index (χ0n) is 38.2. The van der Waals surface area contributed by atoms with Crippen LogP contribution in [0.15, 0.2) is 103 Å². The molecule has 0 bridgehead atoms. The molecule has 0 saturated carbocycles. The molecule has 2 aromatic heterocycles. The van der Waals surface area contributed by atoms with Gasteiger partial charge in [0.1, 0.15) is 23.7 Å². The van der Waals surface area contributed by atoms with Crippen LogP contribution >= 0.6 is 0 Å². The maximum absolute atomic E-state index is 16.6. The van der Waals surface area contributed by atoms with E-state index in [9.17, 15) is 19.2 Å². The van der Waals surface area contributed by atoms with Gasteiger partial charge in [-0.2, -0.15) is 8.78 Å². The summed E-state index contributed by atoms with van der Waals surface area (Å²) in [5.74, 6) is -2.68. The Morgan fingerprint density at radius 1 is 0.667 bits per heavy atom. The van der Waals surface area contributed by atoms with Crippen molar-refractivity contribution in [3.8, 4) is 44.8 Å². The first-order valence-electron chi connectivity index (χ1n) is 23.3. The highest BCUT2D eigenvalue weighted by molar-refractivity contribution is 5.88. The van der Waals surface area contributed by atoms with Crippen LogP contribution < -0.4 is 10.6 Å². The number of hydrogen-bond donors (Lipinski definition) is 4. The van der Waals surface area contributed by atoms with Gasteiger partial charge in [0.25, 0.3) is 11.8 Å². The van der Waals surface area contributed by atoms with E-state index in [2.05, 4.69) is 30.6 Å². The van der Waals surface area contributed by atoms with Crippen LogP contribution in [0.3, 0.4) is 0 Å². The van der Waals surface area contributed by atoms with E-state index in [-0.39, 0.29) is 40.9 Å². The molecule has 3 fully saturated rings. The van der Waals surface area contributed by atoms with Crippen molar-refractivity contribution >= 4 is 24.0 Å². The number of fused-ring (bicyclic) bond motifs is 3. The van der Waals surface area contributed by atoms with Gasteiger partial charge in [-0.05, 0) is 90.0 Å². The van der Waals surface area contributed by atoms with Crippen LogP contribution in [-0.2, 0) is 29.7 Å². The van der Waals surface area contributed by atoms with E-state index in [4.69, 9.17) is 14.2 Å². The van der Waals surface area contributed by atoms with Crippen LogP contribution in [-0.4, -0.2) is 100 Å². The summed E-state index contributed by atoms with van der Waals surface area (Å²) in [6.45, 7) is 2.00. The fourth-order valence-corrected chi connectivity index (χ4v) is 10.4. The predicted molar refractivity (Wildman–Crippen MR) is 250 cm³/mol. The molecule has 5 heterocycles. The Hall–Kier alpha value is -7.40. The van der Waals surface area contributed by atoms with Gasteiger partial charge in [-0.15, -0.1) is 0 Å². The van der Waals surface area contributed by atoms with Gasteiger partial charge in [-0.1, -0.05) is 78.9 Å². The summed E-state index contributed by atoms with van der Waals surface area (Å²) in [6, 6.07) is 24.4. The van der Waals surface area contributed by atoms with Crippen LogP contribution in [0.1, 0.15) is 85.0 Å². The highest BCUT2D eigenvalue weighted by Crippen LogP contribution is 2.53. The molecule has 10 rings (SSSR count). The predicted octanol–water partition coefficient (Wildman–Crippen LogP) is 8.83. The van der Waals surface area contributed by atoms with Gasteiger partial charge in [-0.3, -0.25) is 9.59 Å². The lowest BCUT2D eigenvalue weighted by atomic mass is 9.90. The van der Waals surface area contributed by atoms with E-state index in [1.807, 2.05) is 48.5 Å². The highest BCUT2D eigenvalue weighted by Gasteiger charge is 2.45.